The predicted molar refractivity (Wildman–Crippen MR) is 120 cm³/mol. The molecule has 0 radical (unpaired) electrons. The fourth-order valence-corrected chi connectivity index (χ4v) is 6.03. The number of ketones is 1. The summed E-state index contributed by atoms with van der Waals surface area (Å²) in [5, 5.41) is 11.2. The average molecular weight is 459 g/mol. The van der Waals surface area contributed by atoms with Gasteiger partial charge in [-0.15, -0.1) is 6.58 Å². The number of Topliss-reactive ketones (excluding diaryl/α,β-unsaturated/α-hetero) is 1. The first-order valence-electron chi connectivity index (χ1n) is 11.7. The standard InChI is InChI=1S/C26H34O7/c1-7-24(5)8-9-26-17(11-24)21(28)22(29)20-19(26)16(12-32-26)10-18(33-15(4)27)25(20,6)13-31-23(30)14(2)3/h7,14,16,18,28H,1,8-13H2,2-6H3/t16-,18+,24-,25+,26-/m0/s1. The second-order valence-electron chi connectivity index (χ2n) is 10.8. The topological polar surface area (TPSA) is 99.1 Å². The van der Waals surface area contributed by atoms with E-state index in [2.05, 4.69) is 13.5 Å². The molecule has 1 aliphatic heterocycles. The van der Waals surface area contributed by atoms with Crippen LogP contribution < -0.4 is 0 Å². The normalized spacial score (nSPS) is 37.6. The maximum absolute atomic E-state index is 13.7. The molecule has 4 rings (SSSR count). The number of hydrogen-bond donors (Lipinski definition) is 1. The zero-order valence-corrected chi connectivity index (χ0v) is 20.2. The number of carbonyl (C=O) groups excluding carboxylic acids is 3. The van der Waals surface area contributed by atoms with Gasteiger partial charge in [0, 0.05) is 24.0 Å². The van der Waals surface area contributed by atoms with Crippen molar-refractivity contribution < 1.29 is 33.7 Å². The Hall–Kier alpha value is -2.41. The van der Waals surface area contributed by atoms with Crippen molar-refractivity contribution in [2.45, 2.75) is 72.0 Å². The summed E-state index contributed by atoms with van der Waals surface area (Å²) < 4.78 is 17.7. The van der Waals surface area contributed by atoms with E-state index in [9.17, 15) is 19.5 Å². The highest BCUT2D eigenvalue weighted by molar-refractivity contribution is 6.11. The zero-order valence-electron chi connectivity index (χ0n) is 20.2. The Bertz CT molecular complexity index is 989. The van der Waals surface area contributed by atoms with Gasteiger partial charge in [0.2, 0.25) is 5.78 Å². The lowest BCUT2D eigenvalue weighted by atomic mass is 9.54. The van der Waals surface area contributed by atoms with E-state index in [1.54, 1.807) is 20.8 Å². The Morgan fingerprint density at radius 2 is 2.00 bits per heavy atom. The maximum Gasteiger partial charge on any atom is 0.308 e. The van der Waals surface area contributed by atoms with Crippen molar-refractivity contribution in [3.63, 3.8) is 0 Å². The number of rotatable bonds is 5. The molecule has 1 N–H and O–H groups in total. The molecule has 3 aliphatic carbocycles. The van der Waals surface area contributed by atoms with Crippen LogP contribution in [0.2, 0.25) is 0 Å². The molecule has 0 aromatic rings. The van der Waals surface area contributed by atoms with E-state index in [4.69, 9.17) is 14.2 Å². The van der Waals surface area contributed by atoms with Crippen LogP contribution in [0.5, 0.6) is 0 Å². The van der Waals surface area contributed by atoms with Gasteiger partial charge in [-0.2, -0.15) is 0 Å². The third-order valence-electron chi connectivity index (χ3n) is 8.05. The molecule has 0 aromatic carbocycles. The minimum Gasteiger partial charge on any atom is -0.504 e. The molecule has 2 fully saturated rings. The lowest BCUT2D eigenvalue weighted by Gasteiger charge is -2.51. The Kier molecular flexibility index (Phi) is 5.63. The smallest absolute Gasteiger partial charge is 0.308 e. The SMILES string of the molecule is C=C[C@@]1(C)CC[C@@]23OC[C@@H]4C[C@@H](OC(C)=O)[C@@](C)(COC(=O)C(C)C)C(=C42)C(=O)C(O)=C3C1. The summed E-state index contributed by atoms with van der Waals surface area (Å²) in [5.41, 5.74) is -0.307. The lowest BCUT2D eigenvalue weighted by molar-refractivity contribution is -0.163. The first-order chi connectivity index (χ1) is 15.4. The number of esters is 2. The molecule has 1 heterocycles. The van der Waals surface area contributed by atoms with Gasteiger partial charge in [0.25, 0.3) is 0 Å². The van der Waals surface area contributed by atoms with Gasteiger partial charge in [-0.1, -0.05) is 26.8 Å². The Balaban J connectivity index is 1.85. The molecule has 0 amide bonds. The third-order valence-corrected chi connectivity index (χ3v) is 8.05. The van der Waals surface area contributed by atoms with Crippen molar-refractivity contribution >= 4 is 17.7 Å². The van der Waals surface area contributed by atoms with E-state index >= 15 is 0 Å². The number of hydrogen-bond acceptors (Lipinski definition) is 7. The van der Waals surface area contributed by atoms with E-state index in [0.717, 1.165) is 12.0 Å². The summed E-state index contributed by atoms with van der Waals surface area (Å²) in [6, 6.07) is 0. The van der Waals surface area contributed by atoms with Gasteiger partial charge in [0.05, 0.1) is 17.9 Å². The first-order valence-corrected chi connectivity index (χ1v) is 11.7. The van der Waals surface area contributed by atoms with Crippen molar-refractivity contribution in [3.05, 3.63) is 35.1 Å². The van der Waals surface area contributed by atoms with Gasteiger partial charge in [0.15, 0.2) is 5.76 Å². The number of aliphatic hydroxyl groups excluding tert-OH is 1. The highest BCUT2D eigenvalue weighted by atomic mass is 16.6. The summed E-state index contributed by atoms with van der Waals surface area (Å²) in [6.07, 6.45) is 3.58. The van der Waals surface area contributed by atoms with E-state index in [1.807, 2.05) is 6.08 Å². The molecule has 1 saturated heterocycles. The molecule has 7 heteroatoms. The van der Waals surface area contributed by atoms with Crippen molar-refractivity contribution in [2.75, 3.05) is 13.2 Å². The fourth-order valence-electron chi connectivity index (χ4n) is 6.03. The van der Waals surface area contributed by atoms with E-state index in [1.165, 1.54) is 6.92 Å². The average Bonchev–Trinajstić information content (AvgIpc) is 3.11. The molecule has 5 atom stereocenters. The van der Waals surface area contributed by atoms with Crippen LogP contribution in [0.4, 0.5) is 0 Å². The molecule has 0 aromatic heterocycles. The van der Waals surface area contributed by atoms with E-state index in [0.29, 0.717) is 37.0 Å². The maximum atomic E-state index is 13.7. The monoisotopic (exact) mass is 458 g/mol. The van der Waals surface area contributed by atoms with Crippen LogP contribution in [0.1, 0.15) is 60.3 Å². The van der Waals surface area contributed by atoms with Crippen molar-refractivity contribution in [1.29, 1.82) is 0 Å². The van der Waals surface area contributed by atoms with E-state index in [-0.39, 0.29) is 29.6 Å². The number of aliphatic hydroxyl groups is 1. The Morgan fingerprint density at radius 3 is 2.61 bits per heavy atom. The number of ether oxygens (including phenoxy) is 3. The highest BCUT2D eigenvalue weighted by Gasteiger charge is 2.64. The van der Waals surface area contributed by atoms with Crippen molar-refractivity contribution in [2.24, 2.45) is 22.7 Å². The molecule has 1 saturated carbocycles. The number of carbonyl (C=O) groups is 3. The summed E-state index contributed by atoms with van der Waals surface area (Å²) >= 11 is 0. The van der Waals surface area contributed by atoms with Crippen molar-refractivity contribution in [1.82, 2.24) is 0 Å². The summed E-state index contributed by atoms with van der Waals surface area (Å²) in [4.78, 5) is 38.0. The third kappa shape index (κ3) is 3.47. The largest absolute Gasteiger partial charge is 0.504 e. The van der Waals surface area contributed by atoms with E-state index < -0.39 is 34.8 Å². The quantitative estimate of drug-likeness (QED) is 0.491. The Morgan fingerprint density at radius 1 is 1.30 bits per heavy atom. The van der Waals surface area contributed by atoms with Gasteiger partial charge in [-0.25, -0.2) is 0 Å². The van der Waals surface area contributed by atoms with Crippen LogP contribution in [0.3, 0.4) is 0 Å². The highest BCUT2D eigenvalue weighted by Crippen LogP contribution is 2.62. The fraction of sp³-hybridized carbons (Fsp3) is 0.654. The molecular formula is C26H34O7. The van der Waals surface area contributed by atoms with Crippen LogP contribution in [0.25, 0.3) is 0 Å². The molecular weight excluding hydrogens is 424 g/mol. The minimum atomic E-state index is -1.10. The van der Waals surface area contributed by atoms with Gasteiger partial charge in [-0.05, 0) is 43.6 Å². The summed E-state index contributed by atoms with van der Waals surface area (Å²) in [7, 11) is 0. The molecule has 0 bridgehead atoms. The zero-order chi connectivity index (χ0) is 24.3. The Labute approximate surface area is 194 Å². The second-order valence-corrected chi connectivity index (χ2v) is 10.8. The summed E-state index contributed by atoms with van der Waals surface area (Å²) in [5.74, 6) is -2.11. The molecule has 0 unspecified atom stereocenters. The predicted octanol–water partition coefficient (Wildman–Crippen LogP) is 3.98. The molecule has 7 nitrogen and oxygen atoms in total. The number of allylic oxidation sites excluding steroid dienone is 2. The van der Waals surface area contributed by atoms with Gasteiger partial charge < -0.3 is 19.3 Å². The molecule has 33 heavy (non-hydrogen) atoms. The summed E-state index contributed by atoms with van der Waals surface area (Å²) in [6.45, 7) is 12.9. The van der Waals surface area contributed by atoms with Crippen LogP contribution in [-0.4, -0.2) is 47.7 Å². The molecule has 4 aliphatic rings. The first kappa shape index (κ1) is 23.7. The lowest BCUT2D eigenvalue weighted by Crippen LogP contribution is -2.54. The van der Waals surface area contributed by atoms with Crippen molar-refractivity contribution in [3.8, 4) is 0 Å². The second kappa shape index (κ2) is 7.83. The minimum absolute atomic E-state index is 0.113. The molecule has 1 spiro atoms. The van der Waals surface area contributed by atoms with Crippen LogP contribution in [-0.2, 0) is 28.6 Å². The van der Waals surface area contributed by atoms with Crippen LogP contribution in [0, 0.1) is 22.7 Å². The van der Waals surface area contributed by atoms with Crippen LogP contribution >= 0.6 is 0 Å². The molecule has 180 valence electrons. The van der Waals surface area contributed by atoms with Gasteiger partial charge in [-0.3, -0.25) is 14.4 Å². The van der Waals surface area contributed by atoms with Gasteiger partial charge in [0.1, 0.15) is 18.3 Å². The van der Waals surface area contributed by atoms with Gasteiger partial charge >= 0.3 is 11.9 Å². The van der Waals surface area contributed by atoms with Crippen LogP contribution in [0.15, 0.2) is 35.1 Å².